The number of benzene rings is 2. The van der Waals surface area contributed by atoms with Crippen LogP contribution in [0.2, 0.25) is 0 Å². The number of pyridine rings is 1. The fourth-order valence-electron chi connectivity index (χ4n) is 5.65. The summed E-state index contributed by atoms with van der Waals surface area (Å²) in [4.78, 5) is 45.8. The lowest BCUT2D eigenvalue weighted by Gasteiger charge is -2.27. The van der Waals surface area contributed by atoms with Crippen LogP contribution in [0.4, 0.5) is 16.3 Å². The van der Waals surface area contributed by atoms with E-state index in [4.69, 9.17) is 14.5 Å². The second-order valence-corrected chi connectivity index (χ2v) is 13.4. The molecule has 5 aromatic rings. The first-order valence-corrected chi connectivity index (χ1v) is 15.6. The normalized spacial score (nSPS) is 16.3. The summed E-state index contributed by atoms with van der Waals surface area (Å²) in [5, 5.41) is 7.82. The minimum Gasteiger partial charge on any atom is -0.444 e. The van der Waals surface area contributed by atoms with E-state index in [2.05, 4.69) is 27.7 Å². The lowest BCUT2D eigenvalue weighted by Crippen LogP contribution is -2.47. The van der Waals surface area contributed by atoms with Gasteiger partial charge in [-0.1, -0.05) is 18.2 Å². The molecule has 4 heterocycles. The molecule has 0 atom stereocenters. The average Bonchev–Trinajstić information content (AvgIpc) is 3.68. The summed E-state index contributed by atoms with van der Waals surface area (Å²) >= 11 is 1.66. The topological polar surface area (TPSA) is 114 Å². The minimum atomic E-state index is -0.958. The fraction of sp³-hybridized carbons (Fsp3) is 0.333. The van der Waals surface area contributed by atoms with Crippen molar-refractivity contribution >= 4 is 60.7 Å². The van der Waals surface area contributed by atoms with E-state index in [1.54, 1.807) is 48.8 Å². The van der Waals surface area contributed by atoms with E-state index in [1.165, 1.54) is 0 Å². The van der Waals surface area contributed by atoms with Gasteiger partial charge in [-0.25, -0.2) is 9.78 Å². The zero-order valence-electron chi connectivity index (χ0n) is 24.8. The monoisotopic (exact) mass is 611 g/mol. The van der Waals surface area contributed by atoms with Gasteiger partial charge in [0.2, 0.25) is 5.91 Å². The van der Waals surface area contributed by atoms with Gasteiger partial charge in [0.25, 0.3) is 5.56 Å². The zero-order valence-corrected chi connectivity index (χ0v) is 25.6. The first-order valence-electron chi connectivity index (χ1n) is 14.7. The van der Waals surface area contributed by atoms with Gasteiger partial charge < -0.3 is 25.0 Å². The number of fused-ring (bicyclic) bond motifs is 4. The molecule has 2 amide bonds. The third kappa shape index (κ3) is 5.26. The van der Waals surface area contributed by atoms with Crippen molar-refractivity contribution in [2.45, 2.75) is 44.8 Å². The molecule has 2 N–H and O–H groups in total. The van der Waals surface area contributed by atoms with Gasteiger partial charge in [-0.05, 0) is 63.9 Å². The van der Waals surface area contributed by atoms with Gasteiger partial charge >= 0.3 is 6.09 Å². The third-order valence-electron chi connectivity index (χ3n) is 7.98. The number of alkyl carbamates (subject to hydrolysis) is 1. The maximum atomic E-state index is 13.2. The third-order valence-corrected chi connectivity index (χ3v) is 9.20. The summed E-state index contributed by atoms with van der Waals surface area (Å²) in [6.45, 7) is 7.95. The summed E-state index contributed by atoms with van der Waals surface area (Å²) < 4.78 is 14.6. The number of ether oxygens (including phenoxy) is 2. The first-order chi connectivity index (χ1) is 21.1. The standard InChI is InChI=1S/C33H33N5O5S/c1-32(2,3)43-31(41)36-33(11-12-33)30(40)34-20-9-10-25-24(18-20)22-7-4-6-21(28(22)44-25)23-8-5-13-38-27(39)19-26(35-29(23)38)37-14-16-42-17-15-37/h4-10,13,18-19H,11-12,14-17H2,1-3H3,(H,34,40)(H,36,41). The molecule has 226 valence electrons. The lowest BCUT2D eigenvalue weighted by atomic mass is 10.0. The number of morpholine rings is 1. The molecule has 11 heteroatoms. The van der Waals surface area contributed by atoms with Crippen LogP contribution >= 0.6 is 11.3 Å². The number of carbonyl (C=O) groups is 2. The maximum absolute atomic E-state index is 13.2. The maximum Gasteiger partial charge on any atom is 0.408 e. The molecule has 2 aliphatic rings. The van der Waals surface area contributed by atoms with Crippen molar-refractivity contribution < 1.29 is 19.1 Å². The first kappa shape index (κ1) is 28.3. The highest BCUT2D eigenvalue weighted by Gasteiger charge is 2.52. The van der Waals surface area contributed by atoms with Crippen LogP contribution in [0.5, 0.6) is 0 Å². The van der Waals surface area contributed by atoms with Crippen molar-refractivity contribution in [2.24, 2.45) is 0 Å². The number of nitrogens with one attached hydrogen (secondary N) is 2. The molecule has 1 saturated carbocycles. The smallest absolute Gasteiger partial charge is 0.408 e. The highest BCUT2D eigenvalue weighted by Crippen LogP contribution is 2.42. The number of aromatic nitrogens is 2. The Morgan fingerprint density at radius 1 is 1.00 bits per heavy atom. The van der Waals surface area contributed by atoms with Crippen molar-refractivity contribution in [1.29, 1.82) is 0 Å². The SMILES string of the molecule is CC(C)(C)OC(=O)NC1(C(=O)Nc2ccc3sc4c(-c5cccn6c(=O)cc(N7CCOCC7)nc56)cccc4c3c2)CC1. The molecule has 44 heavy (non-hydrogen) atoms. The van der Waals surface area contributed by atoms with E-state index >= 15 is 0 Å². The summed E-state index contributed by atoms with van der Waals surface area (Å²) in [5.74, 6) is 0.399. The molecular formula is C33H33N5O5S. The van der Waals surface area contributed by atoms with Gasteiger partial charge in [0.15, 0.2) is 0 Å². The molecule has 3 aromatic heterocycles. The molecule has 10 nitrogen and oxygen atoms in total. The Labute approximate surface area is 257 Å². The van der Waals surface area contributed by atoms with Crippen molar-refractivity contribution in [3.63, 3.8) is 0 Å². The average molecular weight is 612 g/mol. The molecule has 0 unspecified atom stereocenters. The van der Waals surface area contributed by atoms with Gasteiger partial charge in [-0.15, -0.1) is 11.3 Å². The molecule has 2 aromatic carbocycles. The van der Waals surface area contributed by atoms with Gasteiger partial charge in [0.05, 0.1) is 13.2 Å². The number of anilines is 2. The summed E-state index contributed by atoms with van der Waals surface area (Å²) in [6.07, 6.45) is 2.27. The Balaban J connectivity index is 1.23. The fourth-order valence-corrected chi connectivity index (χ4v) is 6.86. The van der Waals surface area contributed by atoms with Crippen molar-refractivity contribution in [2.75, 3.05) is 36.5 Å². The molecule has 0 radical (unpaired) electrons. The van der Waals surface area contributed by atoms with Crippen LogP contribution in [0.15, 0.2) is 65.6 Å². The van der Waals surface area contributed by atoms with E-state index in [0.717, 1.165) is 31.3 Å². The summed E-state index contributed by atoms with van der Waals surface area (Å²) in [5.41, 5.74) is 1.37. The van der Waals surface area contributed by atoms with E-state index in [-0.39, 0.29) is 11.5 Å². The Kier molecular flexibility index (Phi) is 6.82. The largest absolute Gasteiger partial charge is 0.444 e. The second-order valence-electron chi connectivity index (χ2n) is 12.3. The second kappa shape index (κ2) is 10.6. The van der Waals surface area contributed by atoms with Crippen LogP contribution in [0.3, 0.4) is 0 Å². The highest BCUT2D eigenvalue weighted by atomic mass is 32.1. The van der Waals surface area contributed by atoms with Gasteiger partial charge in [0, 0.05) is 62.3 Å². The Morgan fingerprint density at radius 3 is 2.52 bits per heavy atom. The van der Waals surface area contributed by atoms with Crippen molar-refractivity contribution in [3.05, 3.63) is 71.1 Å². The van der Waals surface area contributed by atoms with Gasteiger partial charge in [0.1, 0.15) is 22.6 Å². The molecule has 1 aliphatic heterocycles. The Morgan fingerprint density at radius 2 is 1.77 bits per heavy atom. The highest BCUT2D eigenvalue weighted by molar-refractivity contribution is 7.26. The number of rotatable bonds is 5. The molecular weight excluding hydrogens is 578 g/mol. The van der Waals surface area contributed by atoms with E-state index in [0.29, 0.717) is 56.3 Å². The molecule has 1 saturated heterocycles. The lowest BCUT2D eigenvalue weighted by molar-refractivity contribution is -0.119. The van der Waals surface area contributed by atoms with Crippen LogP contribution < -0.4 is 21.1 Å². The number of carbonyl (C=O) groups excluding carboxylic acids is 2. The number of hydrogen-bond acceptors (Lipinski definition) is 8. The Hall–Kier alpha value is -4.48. The van der Waals surface area contributed by atoms with Crippen molar-refractivity contribution in [3.8, 4) is 11.1 Å². The molecule has 7 rings (SSSR count). The van der Waals surface area contributed by atoms with E-state index < -0.39 is 17.2 Å². The van der Waals surface area contributed by atoms with E-state index in [1.807, 2.05) is 36.4 Å². The molecule has 1 aliphatic carbocycles. The molecule has 2 fully saturated rings. The van der Waals surface area contributed by atoms with Crippen LogP contribution in [-0.4, -0.2) is 58.8 Å². The van der Waals surface area contributed by atoms with Crippen LogP contribution in [-0.2, 0) is 14.3 Å². The van der Waals surface area contributed by atoms with Gasteiger partial charge in [-0.3, -0.25) is 14.0 Å². The summed E-state index contributed by atoms with van der Waals surface area (Å²) in [6, 6.07) is 17.5. The summed E-state index contributed by atoms with van der Waals surface area (Å²) in [7, 11) is 0. The molecule has 0 bridgehead atoms. The number of nitrogens with zero attached hydrogens (tertiary/aromatic N) is 3. The number of amides is 2. The van der Waals surface area contributed by atoms with Crippen LogP contribution in [0.1, 0.15) is 33.6 Å². The molecule has 0 spiro atoms. The predicted molar refractivity (Wildman–Crippen MR) is 173 cm³/mol. The van der Waals surface area contributed by atoms with Crippen LogP contribution in [0, 0.1) is 0 Å². The Bertz CT molecular complexity index is 2000. The van der Waals surface area contributed by atoms with Crippen LogP contribution in [0.25, 0.3) is 36.9 Å². The van der Waals surface area contributed by atoms with Gasteiger partial charge in [-0.2, -0.15) is 0 Å². The quantitative estimate of drug-likeness (QED) is 0.267. The predicted octanol–water partition coefficient (Wildman–Crippen LogP) is 5.56. The minimum absolute atomic E-state index is 0.128. The van der Waals surface area contributed by atoms with E-state index in [9.17, 15) is 14.4 Å². The van der Waals surface area contributed by atoms with Crippen molar-refractivity contribution in [1.82, 2.24) is 14.7 Å². The number of hydrogen-bond donors (Lipinski definition) is 2. The zero-order chi connectivity index (χ0) is 30.6. The number of thiophene rings is 1.